The van der Waals surface area contributed by atoms with Gasteiger partial charge in [0.25, 0.3) is 0 Å². The normalized spacial score (nSPS) is 11.1. The lowest BCUT2D eigenvalue weighted by atomic mass is 9.97. The van der Waals surface area contributed by atoms with Gasteiger partial charge in [0.1, 0.15) is 17.2 Å². The lowest BCUT2D eigenvalue weighted by molar-refractivity contribution is 0.292. The summed E-state index contributed by atoms with van der Waals surface area (Å²) in [7, 11) is 0. The van der Waals surface area contributed by atoms with E-state index in [2.05, 4.69) is 38.9 Å². The molecule has 0 aliphatic heterocycles. The van der Waals surface area contributed by atoms with Crippen LogP contribution >= 0.6 is 0 Å². The first-order valence-corrected chi connectivity index (χ1v) is 9.22. The molecule has 2 aromatic rings. The molecule has 1 aromatic heterocycles. The zero-order valence-corrected chi connectivity index (χ0v) is 15.8. The predicted molar refractivity (Wildman–Crippen MR) is 101 cm³/mol. The van der Waals surface area contributed by atoms with E-state index in [9.17, 15) is 0 Å². The highest BCUT2D eigenvalue weighted by Crippen LogP contribution is 2.39. The fourth-order valence-electron chi connectivity index (χ4n) is 2.54. The van der Waals surface area contributed by atoms with E-state index in [0.29, 0.717) is 30.7 Å². The number of rotatable bonds is 10. The summed E-state index contributed by atoms with van der Waals surface area (Å²) in [4.78, 5) is 0. The molecule has 2 N–H and O–H groups in total. The molecule has 2 rings (SSSR count). The quantitative estimate of drug-likeness (QED) is 0.583. The lowest BCUT2D eigenvalue weighted by Gasteiger charge is -2.18. The number of hydrogen-bond donors (Lipinski definition) is 1. The Morgan fingerprint density at radius 1 is 1.00 bits per heavy atom. The molecule has 5 heteroatoms. The standard InChI is InChI=1S/C20H30N2O3/c1-5-7-9-23-18-13-19(24-10-8-6-2)16(11-15(18)14(3)4)17-12-20(21)25-22-17/h11-14H,5-10,21H2,1-4H3. The predicted octanol–water partition coefficient (Wildman–Crippen LogP) is 5.41. The Balaban J connectivity index is 2.42. The third-order valence-electron chi connectivity index (χ3n) is 4.05. The molecule has 0 aliphatic carbocycles. The van der Waals surface area contributed by atoms with Gasteiger partial charge in [0.2, 0.25) is 5.88 Å². The zero-order chi connectivity index (χ0) is 18.2. The second kappa shape index (κ2) is 9.35. The minimum Gasteiger partial charge on any atom is -0.493 e. The summed E-state index contributed by atoms with van der Waals surface area (Å²) in [6.07, 6.45) is 4.22. The van der Waals surface area contributed by atoms with Gasteiger partial charge in [0, 0.05) is 17.7 Å². The fourth-order valence-corrected chi connectivity index (χ4v) is 2.54. The number of benzene rings is 1. The van der Waals surface area contributed by atoms with Crippen molar-refractivity contribution in [2.75, 3.05) is 18.9 Å². The maximum atomic E-state index is 6.03. The topological polar surface area (TPSA) is 70.5 Å². The average Bonchev–Trinajstić information content (AvgIpc) is 3.01. The molecule has 0 unspecified atom stereocenters. The van der Waals surface area contributed by atoms with Gasteiger partial charge in [-0.2, -0.15) is 0 Å². The van der Waals surface area contributed by atoms with Crippen molar-refractivity contribution in [2.45, 2.75) is 59.3 Å². The van der Waals surface area contributed by atoms with E-state index in [-0.39, 0.29) is 0 Å². The van der Waals surface area contributed by atoms with Crippen molar-refractivity contribution in [2.24, 2.45) is 0 Å². The molecular weight excluding hydrogens is 316 g/mol. The lowest BCUT2D eigenvalue weighted by Crippen LogP contribution is -2.04. The molecule has 1 heterocycles. The molecule has 0 spiro atoms. The van der Waals surface area contributed by atoms with Crippen molar-refractivity contribution in [3.8, 4) is 22.8 Å². The molecule has 0 atom stereocenters. The van der Waals surface area contributed by atoms with Crippen LogP contribution < -0.4 is 15.2 Å². The zero-order valence-electron chi connectivity index (χ0n) is 15.8. The molecule has 0 saturated heterocycles. The molecule has 1 aromatic carbocycles. The summed E-state index contributed by atoms with van der Waals surface area (Å²) >= 11 is 0. The van der Waals surface area contributed by atoms with E-state index >= 15 is 0 Å². The third kappa shape index (κ3) is 5.15. The second-order valence-corrected chi connectivity index (χ2v) is 6.56. The Morgan fingerprint density at radius 3 is 2.16 bits per heavy atom. The highest BCUT2D eigenvalue weighted by atomic mass is 16.5. The highest BCUT2D eigenvalue weighted by Gasteiger charge is 2.18. The number of hydrogen-bond acceptors (Lipinski definition) is 5. The molecule has 0 radical (unpaired) electrons. The number of anilines is 1. The molecule has 0 saturated carbocycles. The van der Waals surface area contributed by atoms with Crippen LogP contribution in [-0.4, -0.2) is 18.4 Å². The van der Waals surface area contributed by atoms with Crippen molar-refractivity contribution >= 4 is 5.88 Å². The number of unbranched alkanes of at least 4 members (excludes halogenated alkanes) is 2. The summed E-state index contributed by atoms with van der Waals surface area (Å²) in [6, 6.07) is 5.80. The Kier molecular flexibility index (Phi) is 7.16. The molecule has 0 aliphatic rings. The smallest absolute Gasteiger partial charge is 0.222 e. The second-order valence-electron chi connectivity index (χ2n) is 6.56. The van der Waals surface area contributed by atoms with Gasteiger partial charge in [-0.05, 0) is 30.4 Å². The Morgan fingerprint density at radius 2 is 1.64 bits per heavy atom. The van der Waals surface area contributed by atoms with Crippen LogP contribution in [0.4, 0.5) is 5.88 Å². The van der Waals surface area contributed by atoms with Crippen LogP contribution in [0.2, 0.25) is 0 Å². The van der Waals surface area contributed by atoms with Crippen LogP contribution in [-0.2, 0) is 0 Å². The Hall–Kier alpha value is -2.17. The SMILES string of the molecule is CCCCOc1cc(OCCCC)c(C(C)C)cc1-c1cc(N)on1. The van der Waals surface area contributed by atoms with E-state index in [1.165, 1.54) is 0 Å². The maximum Gasteiger partial charge on any atom is 0.222 e. The number of nitrogen functional groups attached to an aromatic ring is 1. The van der Waals surface area contributed by atoms with Gasteiger partial charge >= 0.3 is 0 Å². The van der Waals surface area contributed by atoms with Crippen LogP contribution in [0.15, 0.2) is 22.7 Å². The van der Waals surface area contributed by atoms with Crippen LogP contribution in [0.3, 0.4) is 0 Å². The largest absolute Gasteiger partial charge is 0.493 e. The number of ether oxygens (including phenoxy) is 2. The van der Waals surface area contributed by atoms with E-state index in [0.717, 1.165) is 48.3 Å². The summed E-state index contributed by atoms with van der Waals surface area (Å²) < 4.78 is 17.1. The molecular formula is C20H30N2O3. The number of nitrogens with zero attached hydrogens (tertiary/aromatic N) is 1. The fraction of sp³-hybridized carbons (Fsp3) is 0.550. The summed E-state index contributed by atoms with van der Waals surface area (Å²) in [5.74, 6) is 2.26. The molecule has 0 fully saturated rings. The Labute approximate surface area is 150 Å². The molecule has 0 amide bonds. The van der Waals surface area contributed by atoms with Gasteiger partial charge in [-0.25, -0.2) is 0 Å². The minimum atomic E-state index is 0.295. The van der Waals surface area contributed by atoms with E-state index < -0.39 is 0 Å². The van der Waals surface area contributed by atoms with Gasteiger partial charge in [0.15, 0.2) is 0 Å². The average molecular weight is 346 g/mol. The number of aromatic nitrogens is 1. The van der Waals surface area contributed by atoms with Gasteiger partial charge in [0.05, 0.1) is 13.2 Å². The third-order valence-corrected chi connectivity index (χ3v) is 4.05. The Bertz CT molecular complexity index is 665. The van der Waals surface area contributed by atoms with E-state index in [4.69, 9.17) is 19.7 Å². The first-order valence-electron chi connectivity index (χ1n) is 9.22. The summed E-state index contributed by atoms with van der Waals surface area (Å²) in [5.41, 5.74) is 8.41. The van der Waals surface area contributed by atoms with Gasteiger partial charge in [-0.3, -0.25) is 0 Å². The van der Waals surface area contributed by atoms with Crippen molar-refractivity contribution in [3.05, 3.63) is 23.8 Å². The number of nitrogens with two attached hydrogens (primary N) is 1. The van der Waals surface area contributed by atoms with Gasteiger partial charge in [-0.1, -0.05) is 45.7 Å². The van der Waals surface area contributed by atoms with E-state index in [1.54, 1.807) is 6.07 Å². The van der Waals surface area contributed by atoms with Crippen molar-refractivity contribution in [3.63, 3.8) is 0 Å². The first-order chi connectivity index (χ1) is 12.1. The van der Waals surface area contributed by atoms with Gasteiger partial charge in [-0.15, -0.1) is 0 Å². The van der Waals surface area contributed by atoms with E-state index in [1.807, 2.05) is 6.07 Å². The molecule has 25 heavy (non-hydrogen) atoms. The van der Waals surface area contributed by atoms with Crippen molar-refractivity contribution < 1.29 is 14.0 Å². The monoisotopic (exact) mass is 346 g/mol. The molecule has 138 valence electrons. The van der Waals surface area contributed by atoms with Crippen LogP contribution in [0.1, 0.15) is 64.9 Å². The minimum absolute atomic E-state index is 0.295. The summed E-state index contributed by atoms with van der Waals surface area (Å²) in [6.45, 7) is 9.97. The van der Waals surface area contributed by atoms with Crippen molar-refractivity contribution in [1.82, 2.24) is 5.16 Å². The van der Waals surface area contributed by atoms with Crippen molar-refractivity contribution in [1.29, 1.82) is 0 Å². The van der Waals surface area contributed by atoms with Crippen LogP contribution in [0.5, 0.6) is 11.5 Å². The van der Waals surface area contributed by atoms with Crippen LogP contribution in [0.25, 0.3) is 11.3 Å². The first kappa shape index (κ1) is 19.2. The summed E-state index contributed by atoms with van der Waals surface area (Å²) in [5, 5.41) is 4.06. The molecule has 0 bridgehead atoms. The maximum absolute atomic E-state index is 6.03. The van der Waals surface area contributed by atoms with Gasteiger partial charge < -0.3 is 19.7 Å². The van der Waals surface area contributed by atoms with Crippen LogP contribution in [0, 0.1) is 0 Å². The highest BCUT2D eigenvalue weighted by molar-refractivity contribution is 5.71. The molecule has 5 nitrogen and oxygen atoms in total.